The van der Waals surface area contributed by atoms with Gasteiger partial charge in [0.15, 0.2) is 0 Å². The molecule has 21 heavy (non-hydrogen) atoms. The van der Waals surface area contributed by atoms with Crippen molar-refractivity contribution < 1.29 is 0 Å². The first kappa shape index (κ1) is 15.8. The molecule has 3 heteroatoms. The second kappa shape index (κ2) is 6.90. The van der Waals surface area contributed by atoms with Gasteiger partial charge in [0.2, 0.25) is 0 Å². The van der Waals surface area contributed by atoms with Crippen molar-refractivity contribution in [2.75, 3.05) is 0 Å². The molecule has 0 radical (unpaired) electrons. The first-order valence-corrected chi connectivity index (χ1v) is 7.88. The van der Waals surface area contributed by atoms with Gasteiger partial charge in [0.05, 0.1) is 5.69 Å². The first-order chi connectivity index (χ1) is 10.0. The highest BCUT2D eigenvalue weighted by Crippen LogP contribution is 2.27. The van der Waals surface area contributed by atoms with Crippen molar-refractivity contribution in [2.24, 2.45) is 0 Å². The van der Waals surface area contributed by atoms with Crippen molar-refractivity contribution in [2.45, 2.75) is 60.2 Å². The molecule has 2 rings (SSSR count). The lowest BCUT2D eigenvalue weighted by Gasteiger charge is -2.11. The monoisotopic (exact) mass is 285 g/mol. The zero-order valence-electron chi connectivity index (χ0n) is 13.9. The average Bonchev–Trinajstić information content (AvgIpc) is 2.78. The topological polar surface area (TPSA) is 29.9 Å². The van der Waals surface area contributed by atoms with Crippen LogP contribution in [0.3, 0.4) is 0 Å². The first-order valence-electron chi connectivity index (χ1n) is 7.88. The molecule has 1 N–H and O–H groups in total. The normalized spacial score (nSPS) is 11.3. The smallest absolute Gasteiger partial charge is 0.0672 e. The van der Waals surface area contributed by atoms with Crippen LogP contribution in [-0.2, 0) is 13.1 Å². The van der Waals surface area contributed by atoms with Crippen molar-refractivity contribution in [3.8, 4) is 11.1 Å². The van der Waals surface area contributed by atoms with Crippen LogP contribution in [0, 0.1) is 13.8 Å². The van der Waals surface area contributed by atoms with Gasteiger partial charge in [-0.15, -0.1) is 0 Å². The fourth-order valence-electron chi connectivity index (χ4n) is 2.59. The Morgan fingerprint density at radius 1 is 1.19 bits per heavy atom. The van der Waals surface area contributed by atoms with E-state index in [1.807, 2.05) is 0 Å². The molecule has 0 amide bonds. The summed E-state index contributed by atoms with van der Waals surface area (Å²) in [6, 6.07) is 7.24. The number of nitrogens with one attached hydrogen (secondary N) is 1. The molecule has 114 valence electrons. The summed E-state index contributed by atoms with van der Waals surface area (Å²) < 4.78 is 2.05. The minimum atomic E-state index is 0.513. The zero-order chi connectivity index (χ0) is 15.4. The number of benzene rings is 1. The number of aryl methyl sites for hydroxylation is 3. The van der Waals surface area contributed by atoms with Crippen LogP contribution < -0.4 is 5.32 Å². The van der Waals surface area contributed by atoms with Crippen molar-refractivity contribution in [1.82, 2.24) is 15.1 Å². The molecular formula is C18H27N3. The van der Waals surface area contributed by atoms with E-state index < -0.39 is 0 Å². The number of hydrogen-bond donors (Lipinski definition) is 1. The van der Waals surface area contributed by atoms with Gasteiger partial charge in [-0.3, -0.25) is 4.68 Å². The van der Waals surface area contributed by atoms with Gasteiger partial charge >= 0.3 is 0 Å². The second-order valence-electron chi connectivity index (χ2n) is 6.08. The lowest BCUT2D eigenvalue weighted by molar-refractivity contribution is 0.589. The molecule has 0 spiro atoms. The summed E-state index contributed by atoms with van der Waals surface area (Å²) >= 11 is 0. The van der Waals surface area contributed by atoms with E-state index in [1.54, 1.807) is 0 Å². The van der Waals surface area contributed by atoms with E-state index in [9.17, 15) is 0 Å². The van der Waals surface area contributed by atoms with Crippen LogP contribution in [0.15, 0.2) is 24.4 Å². The Morgan fingerprint density at radius 2 is 1.95 bits per heavy atom. The van der Waals surface area contributed by atoms with Crippen molar-refractivity contribution in [1.29, 1.82) is 0 Å². The van der Waals surface area contributed by atoms with E-state index in [2.05, 4.69) is 74.1 Å². The van der Waals surface area contributed by atoms with E-state index in [-0.39, 0.29) is 0 Å². The number of rotatable bonds is 6. The summed E-state index contributed by atoms with van der Waals surface area (Å²) in [4.78, 5) is 0. The molecule has 0 saturated heterocycles. The Labute approximate surface area is 128 Å². The summed E-state index contributed by atoms with van der Waals surface area (Å²) in [7, 11) is 0. The Bertz CT molecular complexity index is 597. The lowest BCUT2D eigenvalue weighted by atomic mass is 9.99. The van der Waals surface area contributed by atoms with Crippen molar-refractivity contribution in [3.05, 3.63) is 41.2 Å². The van der Waals surface area contributed by atoms with Gasteiger partial charge in [-0.1, -0.05) is 39.0 Å². The summed E-state index contributed by atoms with van der Waals surface area (Å²) in [5.41, 5.74) is 6.31. The fraction of sp³-hybridized carbons (Fsp3) is 0.500. The molecule has 0 aliphatic carbocycles. The quantitative estimate of drug-likeness (QED) is 0.867. The van der Waals surface area contributed by atoms with Gasteiger partial charge in [0, 0.05) is 30.9 Å². The van der Waals surface area contributed by atoms with Gasteiger partial charge in [0.25, 0.3) is 0 Å². The van der Waals surface area contributed by atoms with E-state index in [1.165, 1.54) is 22.3 Å². The van der Waals surface area contributed by atoms with Gasteiger partial charge in [-0.05, 0) is 37.0 Å². The summed E-state index contributed by atoms with van der Waals surface area (Å²) in [6.07, 6.45) is 3.28. The molecule has 1 heterocycles. The molecule has 3 nitrogen and oxygen atoms in total. The highest BCUT2D eigenvalue weighted by atomic mass is 15.3. The van der Waals surface area contributed by atoms with Crippen LogP contribution in [0.2, 0.25) is 0 Å². The largest absolute Gasteiger partial charge is 0.310 e. The Balaban J connectivity index is 2.24. The van der Waals surface area contributed by atoms with E-state index in [0.717, 1.165) is 25.2 Å². The second-order valence-corrected chi connectivity index (χ2v) is 6.08. The molecule has 0 bridgehead atoms. The summed E-state index contributed by atoms with van der Waals surface area (Å²) in [5, 5.41) is 8.07. The Kier molecular flexibility index (Phi) is 5.18. The molecule has 1 aromatic heterocycles. The van der Waals surface area contributed by atoms with Crippen LogP contribution in [0.25, 0.3) is 11.1 Å². The number of nitrogens with zero attached hydrogens (tertiary/aromatic N) is 2. The average molecular weight is 285 g/mol. The van der Waals surface area contributed by atoms with Crippen LogP contribution >= 0.6 is 0 Å². The summed E-state index contributed by atoms with van der Waals surface area (Å²) in [6.45, 7) is 12.7. The highest BCUT2D eigenvalue weighted by Gasteiger charge is 2.10. The van der Waals surface area contributed by atoms with Crippen LogP contribution in [-0.4, -0.2) is 15.8 Å². The van der Waals surface area contributed by atoms with Gasteiger partial charge in [-0.25, -0.2) is 0 Å². The van der Waals surface area contributed by atoms with E-state index in [4.69, 9.17) is 0 Å². The van der Waals surface area contributed by atoms with Gasteiger partial charge < -0.3 is 5.32 Å². The highest BCUT2D eigenvalue weighted by molar-refractivity contribution is 5.69. The predicted molar refractivity (Wildman–Crippen MR) is 89.4 cm³/mol. The van der Waals surface area contributed by atoms with Gasteiger partial charge in [-0.2, -0.15) is 5.10 Å². The maximum atomic E-state index is 4.60. The minimum Gasteiger partial charge on any atom is -0.310 e. The third-order valence-corrected chi connectivity index (χ3v) is 3.69. The van der Waals surface area contributed by atoms with Crippen molar-refractivity contribution in [3.63, 3.8) is 0 Å². The summed E-state index contributed by atoms with van der Waals surface area (Å²) in [5.74, 6) is 0. The number of hydrogen-bond acceptors (Lipinski definition) is 2. The van der Waals surface area contributed by atoms with Crippen molar-refractivity contribution >= 4 is 0 Å². The third-order valence-electron chi connectivity index (χ3n) is 3.69. The molecule has 1 aromatic carbocycles. The zero-order valence-corrected chi connectivity index (χ0v) is 13.9. The maximum absolute atomic E-state index is 4.60. The number of aromatic nitrogens is 2. The maximum Gasteiger partial charge on any atom is 0.0672 e. The Hall–Kier alpha value is -1.61. The standard InChI is InChI=1S/C18H27N3/c1-6-9-21-12-18(15(5)20-21)17-8-7-16(10-14(17)4)11-19-13(2)3/h7-8,10,12-13,19H,6,9,11H2,1-5H3. The fourth-order valence-corrected chi connectivity index (χ4v) is 2.59. The molecule has 0 aliphatic heterocycles. The SMILES string of the molecule is CCCn1cc(-c2ccc(CNC(C)C)cc2C)c(C)n1. The molecule has 0 saturated carbocycles. The molecule has 0 aliphatic rings. The minimum absolute atomic E-state index is 0.513. The van der Waals surface area contributed by atoms with Crippen LogP contribution in [0.4, 0.5) is 0 Å². The molecular weight excluding hydrogens is 258 g/mol. The third kappa shape index (κ3) is 3.94. The van der Waals surface area contributed by atoms with Crippen LogP contribution in [0.5, 0.6) is 0 Å². The molecule has 0 fully saturated rings. The predicted octanol–water partition coefficient (Wildman–Crippen LogP) is 4.07. The molecule has 0 atom stereocenters. The van der Waals surface area contributed by atoms with E-state index >= 15 is 0 Å². The molecule has 2 aromatic rings. The van der Waals surface area contributed by atoms with Crippen LogP contribution in [0.1, 0.15) is 44.0 Å². The molecule has 0 unspecified atom stereocenters. The van der Waals surface area contributed by atoms with E-state index in [0.29, 0.717) is 6.04 Å². The Morgan fingerprint density at radius 3 is 2.57 bits per heavy atom. The lowest BCUT2D eigenvalue weighted by Crippen LogP contribution is -2.21. The van der Waals surface area contributed by atoms with Gasteiger partial charge in [0.1, 0.15) is 0 Å².